The standard InChI is InChI=1S/C26H24P2.C13H10OS.C5H5.Ru/c1-5-13-23(14-6-1)27(24-15-7-2-8-16-24)21-22-28(25-17-9-3-10-18-25)26-19-11-4-12-20-26;1-2-13(14)12-6-4-3-5-11(12)10-7-8-15-9-10;1-2-4-5-3-1;/h1-20H,21-22H2;2-9,13-14H;1-5H;/q;;-1;+2. The molecule has 0 aliphatic heterocycles. The molecule has 1 heterocycles. The first-order valence-corrected chi connectivity index (χ1v) is 20.0. The fraction of sp³-hybridized carbons (Fsp3) is 0.0682. The van der Waals surface area contributed by atoms with Crippen molar-refractivity contribution in [1.82, 2.24) is 0 Å². The van der Waals surface area contributed by atoms with E-state index >= 15 is 0 Å². The summed E-state index contributed by atoms with van der Waals surface area (Å²) in [6, 6.07) is 63.8. The van der Waals surface area contributed by atoms with Crippen LogP contribution in [0.2, 0.25) is 0 Å². The van der Waals surface area contributed by atoms with Gasteiger partial charge in [-0.05, 0) is 95.6 Å². The molecular formula is C44H39OP2RuS+. The van der Waals surface area contributed by atoms with Crippen LogP contribution in [0.15, 0.2) is 199 Å². The molecule has 49 heavy (non-hydrogen) atoms. The fourth-order valence-electron chi connectivity index (χ4n) is 5.29. The van der Waals surface area contributed by atoms with Crippen LogP contribution in [0, 0.1) is 6.58 Å². The number of hydrogen-bond acceptors (Lipinski definition) is 2. The Labute approximate surface area is 311 Å². The third-order valence-electron chi connectivity index (χ3n) is 7.64. The maximum atomic E-state index is 9.67. The number of aliphatic hydroxyl groups is 1. The van der Waals surface area contributed by atoms with E-state index in [2.05, 4.69) is 121 Å². The summed E-state index contributed by atoms with van der Waals surface area (Å²) in [4.78, 5) is 0. The molecule has 0 aliphatic rings. The zero-order valence-corrected chi connectivity index (χ0v) is 31.5. The molecular weight excluding hydrogens is 740 g/mol. The third-order valence-corrected chi connectivity index (χ3v) is 13.7. The van der Waals surface area contributed by atoms with E-state index in [1.165, 1.54) is 33.5 Å². The Hall–Kier alpha value is -3.67. The second kappa shape index (κ2) is 21.4. The van der Waals surface area contributed by atoms with Crippen molar-refractivity contribution in [2.45, 2.75) is 6.10 Å². The molecule has 0 saturated carbocycles. The summed E-state index contributed by atoms with van der Waals surface area (Å²) in [7, 11) is -0.696. The van der Waals surface area contributed by atoms with E-state index in [4.69, 9.17) is 6.58 Å². The second-order valence-electron chi connectivity index (χ2n) is 10.8. The van der Waals surface area contributed by atoms with Gasteiger partial charge in [-0.25, -0.2) is 12.1 Å². The quantitative estimate of drug-likeness (QED) is 0.0833. The van der Waals surface area contributed by atoms with Crippen LogP contribution >= 0.6 is 27.2 Å². The minimum Gasteiger partial charge on any atom is -0.384 e. The Morgan fingerprint density at radius 3 is 1.33 bits per heavy atom. The monoisotopic (exact) mass is 779 g/mol. The van der Waals surface area contributed by atoms with Crippen molar-refractivity contribution in [3.63, 3.8) is 0 Å². The summed E-state index contributed by atoms with van der Waals surface area (Å²) in [6.07, 6.45) is 2.64. The minimum absolute atomic E-state index is 0. The van der Waals surface area contributed by atoms with Gasteiger partial charge in [0.05, 0.1) is 6.10 Å². The molecule has 0 amide bonds. The van der Waals surface area contributed by atoms with Gasteiger partial charge in [-0.2, -0.15) is 29.5 Å². The zero-order chi connectivity index (χ0) is 33.2. The van der Waals surface area contributed by atoms with Crippen LogP contribution in [0.4, 0.5) is 0 Å². The van der Waals surface area contributed by atoms with E-state index in [-0.39, 0.29) is 35.3 Å². The number of thiophene rings is 1. The van der Waals surface area contributed by atoms with Crippen molar-refractivity contribution in [2.24, 2.45) is 0 Å². The van der Waals surface area contributed by atoms with E-state index in [0.29, 0.717) is 0 Å². The van der Waals surface area contributed by atoms with Gasteiger partial charge in [0, 0.05) is 0 Å². The number of rotatable bonds is 10. The summed E-state index contributed by atoms with van der Waals surface area (Å²) < 4.78 is 0. The first-order chi connectivity index (χ1) is 23.7. The second-order valence-corrected chi connectivity index (χ2v) is 16.3. The Bertz CT molecular complexity index is 1670. The molecule has 1 unspecified atom stereocenters. The molecule has 6 aromatic carbocycles. The number of aliphatic hydroxyl groups excluding tert-OH is 1. The minimum atomic E-state index is -0.818. The smallest absolute Gasteiger partial charge is 0.384 e. The van der Waals surface area contributed by atoms with Gasteiger partial charge >= 0.3 is 19.5 Å². The van der Waals surface area contributed by atoms with Crippen LogP contribution in [-0.4, -0.2) is 17.4 Å². The van der Waals surface area contributed by atoms with Crippen LogP contribution in [0.3, 0.4) is 0 Å². The molecule has 0 bridgehead atoms. The van der Waals surface area contributed by atoms with Gasteiger partial charge in [0.1, 0.15) is 0 Å². The van der Waals surface area contributed by atoms with Crippen molar-refractivity contribution in [3.8, 4) is 11.1 Å². The van der Waals surface area contributed by atoms with Gasteiger partial charge < -0.3 is 5.11 Å². The molecule has 7 rings (SSSR count). The van der Waals surface area contributed by atoms with Crippen LogP contribution in [0.5, 0.6) is 0 Å². The predicted molar refractivity (Wildman–Crippen MR) is 212 cm³/mol. The van der Waals surface area contributed by atoms with Crippen LogP contribution < -0.4 is 21.2 Å². The number of hydrogen-bond donors (Lipinski definition) is 1. The van der Waals surface area contributed by atoms with Crippen molar-refractivity contribution in [2.75, 3.05) is 12.3 Å². The summed E-state index contributed by atoms with van der Waals surface area (Å²) in [5.41, 5.74) is 2.87. The zero-order valence-electron chi connectivity index (χ0n) is 27.1. The molecule has 0 saturated heterocycles. The Kier molecular flexibility index (Phi) is 16.7. The molecule has 1 atom stereocenters. The molecule has 5 heteroatoms. The topological polar surface area (TPSA) is 20.2 Å². The van der Waals surface area contributed by atoms with Gasteiger partial charge in [-0.1, -0.05) is 146 Å². The van der Waals surface area contributed by atoms with Gasteiger partial charge in [-0.3, -0.25) is 0 Å². The summed E-state index contributed by atoms with van der Waals surface area (Å²) in [5.74, 6) is 0. The van der Waals surface area contributed by atoms with E-state index in [0.717, 1.165) is 22.8 Å². The van der Waals surface area contributed by atoms with Gasteiger partial charge in [0.15, 0.2) is 0 Å². The average molecular weight is 779 g/mol. The maximum absolute atomic E-state index is 9.67. The molecule has 0 fully saturated rings. The van der Waals surface area contributed by atoms with Crippen molar-refractivity contribution in [3.05, 3.63) is 211 Å². The summed E-state index contributed by atoms with van der Waals surface area (Å²) in [5, 5.41) is 19.6. The van der Waals surface area contributed by atoms with E-state index in [9.17, 15) is 5.11 Å². The fourth-order valence-corrected chi connectivity index (χ4v) is 11.3. The van der Waals surface area contributed by atoms with Gasteiger partial charge in [0.2, 0.25) is 0 Å². The molecule has 0 spiro atoms. The molecule has 244 valence electrons. The average Bonchev–Trinajstić information content (AvgIpc) is 3.94. The Morgan fingerprint density at radius 2 is 0.980 bits per heavy atom. The molecule has 1 aromatic heterocycles. The van der Waals surface area contributed by atoms with Crippen molar-refractivity contribution in [1.29, 1.82) is 0 Å². The van der Waals surface area contributed by atoms with Gasteiger partial charge in [-0.15, -0.1) is 0 Å². The largest absolute Gasteiger partial charge is 2.00 e. The third kappa shape index (κ3) is 11.7. The molecule has 0 aliphatic carbocycles. The predicted octanol–water partition coefficient (Wildman–Crippen LogP) is 9.97. The first-order valence-electron chi connectivity index (χ1n) is 16.0. The summed E-state index contributed by atoms with van der Waals surface area (Å²) >= 11 is 1.62. The van der Waals surface area contributed by atoms with Crippen LogP contribution in [-0.2, 0) is 19.5 Å². The molecule has 1 N–H and O–H groups in total. The Balaban J connectivity index is 0.000000214. The molecule has 7 aromatic rings. The van der Waals surface area contributed by atoms with Crippen LogP contribution in [0.1, 0.15) is 11.7 Å². The van der Waals surface area contributed by atoms with E-state index < -0.39 is 6.10 Å². The van der Waals surface area contributed by atoms with Gasteiger partial charge in [0.25, 0.3) is 0 Å². The van der Waals surface area contributed by atoms with Crippen molar-refractivity contribution >= 4 is 48.4 Å². The molecule has 1 nitrogen and oxygen atoms in total. The maximum Gasteiger partial charge on any atom is 2.00 e. The van der Waals surface area contributed by atoms with Crippen LogP contribution in [0.25, 0.3) is 11.1 Å². The molecule has 2 radical (unpaired) electrons. The van der Waals surface area contributed by atoms with E-state index in [1.54, 1.807) is 11.3 Å². The summed E-state index contributed by atoms with van der Waals surface area (Å²) in [6.45, 7) is 7.10. The first kappa shape index (κ1) is 38.1. The Morgan fingerprint density at radius 1 is 0.571 bits per heavy atom. The van der Waals surface area contributed by atoms with E-state index in [1.807, 2.05) is 71.4 Å². The SMILES string of the molecule is [C]=CC(O)c1ccccc1-c1ccsc1.[Ru+2].c1cc[cH-]c1.c1ccc(P(CCP(c2ccccc2)c2ccccc2)c2ccccc2)cc1. The normalized spacial score (nSPS) is 10.9. The van der Waals surface area contributed by atoms with Crippen molar-refractivity contribution < 1.29 is 24.6 Å². The number of benzene rings is 5.